The van der Waals surface area contributed by atoms with Gasteiger partial charge in [-0.3, -0.25) is 15.1 Å². The van der Waals surface area contributed by atoms with E-state index in [0.717, 1.165) is 11.7 Å². The van der Waals surface area contributed by atoms with Crippen LogP contribution in [0.3, 0.4) is 0 Å². The van der Waals surface area contributed by atoms with E-state index in [-0.39, 0.29) is 18.1 Å². The van der Waals surface area contributed by atoms with Crippen molar-refractivity contribution in [1.82, 2.24) is 14.5 Å². The minimum atomic E-state index is -0.430. The SMILES string of the molecule is Cn1c(NC(=O)CCc2cncc(F)c2)nc2cc(F)ccc21. The number of amides is 1. The van der Waals surface area contributed by atoms with E-state index in [1.54, 1.807) is 17.7 Å². The summed E-state index contributed by atoms with van der Waals surface area (Å²) >= 11 is 0. The van der Waals surface area contributed by atoms with Gasteiger partial charge in [-0.2, -0.15) is 0 Å². The molecule has 0 fully saturated rings. The lowest BCUT2D eigenvalue weighted by Crippen LogP contribution is -2.15. The Balaban J connectivity index is 1.69. The first-order chi connectivity index (χ1) is 11.0. The highest BCUT2D eigenvalue weighted by atomic mass is 19.1. The number of nitrogens with zero attached hydrogens (tertiary/aromatic N) is 3. The number of nitrogens with one attached hydrogen (secondary N) is 1. The van der Waals surface area contributed by atoms with Crippen LogP contribution in [0.15, 0.2) is 36.7 Å². The molecule has 0 spiro atoms. The number of carbonyl (C=O) groups is 1. The third-order valence-electron chi connectivity index (χ3n) is 3.50. The zero-order valence-corrected chi connectivity index (χ0v) is 12.4. The molecule has 1 amide bonds. The summed E-state index contributed by atoms with van der Waals surface area (Å²) in [6.07, 6.45) is 3.17. The number of hydrogen-bond acceptors (Lipinski definition) is 3. The lowest BCUT2D eigenvalue weighted by Gasteiger charge is -2.05. The van der Waals surface area contributed by atoms with Crippen LogP contribution in [0.5, 0.6) is 0 Å². The molecule has 0 atom stereocenters. The van der Waals surface area contributed by atoms with Gasteiger partial charge in [-0.15, -0.1) is 0 Å². The Morgan fingerprint density at radius 3 is 2.83 bits per heavy atom. The molecule has 0 radical (unpaired) electrons. The van der Waals surface area contributed by atoms with Gasteiger partial charge in [0.15, 0.2) is 0 Å². The quantitative estimate of drug-likeness (QED) is 0.805. The Kier molecular flexibility index (Phi) is 4.01. The normalized spacial score (nSPS) is 10.9. The molecule has 0 saturated carbocycles. The van der Waals surface area contributed by atoms with Gasteiger partial charge in [0, 0.05) is 25.7 Å². The lowest BCUT2D eigenvalue weighted by atomic mass is 10.1. The van der Waals surface area contributed by atoms with E-state index in [2.05, 4.69) is 15.3 Å². The summed E-state index contributed by atoms with van der Waals surface area (Å²) in [5.41, 5.74) is 1.83. The Morgan fingerprint density at radius 2 is 2.04 bits per heavy atom. The number of rotatable bonds is 4. The fraction of sp³-hybridized carbons (Fsp3) is 0.188. The smallest absolute Gasteiger partial charge is 0.227 e. The number of carbonyl (C=O) groups excluding carboxylic acids is 1. The highest BCUT2D eigenvalue weighted by molar-refractivity contribution is 5.91. The molecule has 0 unspecified atom stereocenters. The van der Waals surface area contributed by atoms with Gasteiger partial charge in [0.2, 0.25) is 11.9 Å². The average molecular weight is 316 g/mol. The van der Waals surface area contributed by atoms with Gasteiger partial charge in [0.25, 0.3) is 0 Å². The minimum absolute atomic E-state index is 0.169. The van der Waals surface area contributed by atoms with E-state index in [4.69, 9.17) is 0 Å². The zero-order valence-electron chi connectivity index (χ0n) is 12.4. The molecule has 0 aliphatic heterocycles. The Bertz CT molecular complexity index is 876. The molecule has 23 heavy (non-hydrogen) atoms. The van der Waals surface area contributed by atoms with Gasteiger partial charge in [-0.05, 0) is 30.2 Å². The summed E-state index contributed by atoms with van der Waals surface area (Å²) in [6, 6.07) is 5.60. The molecule has 3 aromatic rings. The second kappa shape index (κ2) is 6.12. The van der Waals surface area contributed by atoms with E-state index < -0.39 is 5.82 Å². The standard InChI is InChI=1S/C16H14F2N4O/c1-22-14-4-3-11(17)7-13(14)20-16(22)21-15(23)5-2-10-6-12(18)9-19-8-10/h3-4,6-9H,2,5H2,1H3,(H,20,21,23). The van der Waals surface area contributed by atoms with Crippen LogP contribution in [0, 0.1) is 11.6 Å². The maximum Gasteiger partial charge on any atom is 0.227 e. The molecule has 1 N–H and O–H groups in total. The van der Waals surface area contributed by atoms with Gasteiger partial charge in [-0.1, -0.05) is 0 Å². The lowest BCUT2D eigenvalue weighted by molar-refractivity contribution is -0.116. The number of aromatic nitrogens is 3. The van der Waals surface area contributed by atoms with Gasteiger partial charge < -0.3 is 4.57 Å². The van der Waals surface area contributed by atoms with E-state index in [1.165, 1.54) is 24.4 Å². The first-order valence-electron chi connectivity index (χ1n) is 7.04. The number of imidazole rings is 1. The molecule has 2 aromatic heterocycles. The van der Waals surface area contributed by atoms with Crippen molar-refractivity contribution in [1.29, 1.82) is 0 Å². The fourth-order valence-electron chi connectivity index (χ4n) is 2.32. The van der Waals surface area contributed by atoms with Crippen molar-refractivity contribution in [3.8, 4) is 0 Å². The van der Waals surface area contributed by atoms with E-state index in [0.29, 0.717) is 23.4 Å². The highest BCUT2D eigenvalue weighted by Gasteiger charge is 2.11. The van der Waals surface area contributed by atoms with E-state index in [1.807, 2.05) is 0 Å². The average Bonchev–Trinajstić information content (AvgIpc) is 2.81. The maximum absolute atomic E-state index is 13.2. The van der Waals surface area contributed by atoms with Crippen LogP contribution < -0.4 is 5.32 Å². The largest absolute Gasteiger partial charge is 0.313 e. The molecule has 3 rings (SSSR count). The Morgan fingerprint density at radius 1 is 1.22 bits per heavy atom. The van der Waals surface area contributed by atoms with Crippen molar-refractivity contribution < 1.29 is 13.6 Å². The number of hydrogen-bond donors (Lipinski definition) is 1. The summed E-state index contributed by atoms with van der Waals surface area (Å²) in [4.78, 5) is 20.0. The zero-order chi connectivity index (χ0) is 16.4. The van der Waals surface area contributed by atoms with Crippen molar-refractivity contribution in [2.75, 3.05) is 5.32 Å². The molecular formula is C16H14F2N4O. The van der Waals surface area contributed by atoms with E-state index >= 15 is 0 Å². The van der Waals surface area contributed by atoms with Gasteiger partial charge >= 0.3 is 0 Å². The van der Waals surface area contributed by atoms with Crippen molar-refractivity contribution in [2.24, 2.45) is 7.05 Å². The number of anilines is 1. The number of benzene rings is 1. The minimum Gasteiger partial charge on any atom is -0.313 e. The predicted molar refractivity (Wildman–Crippen MR) is 81.8 cm³/mol. The topological polar surface area (TPSA) is 59.8 Å². The first kappa shape index (κ1) is 15.1. The van der Waals surface area contributed by atoms with Crippen LogP contribution in [0.4, 0.5) is 14.7 Å². The predicted octanol–water partition coefficient (Wildman–Crippen LogP) is 2.82. The number of fused-ring (bicyclic) bond motifs is 1. The molecule has 2 heterocycles. The molecule has 0 aliphatic carbocycles. The van der Waals surface area contributed by atoms with Crippen molar-refractivity contribution in [3.63, 3.8) is 0 Å². The van der Waals surface area contributed by atoms with Crippen LogP contribution in [0.25, 0.3) is 11.0 Å². The van der Waals surface area contributed by atoms with E-state index in [9.17, 15) is 13.6 Å². The van der Waals surface area contributed by atoms with Crippen molar-refractivity contribution >= 4 is 22.9 Å². The molecule has 5 nitrogen and oxygen atoms in total. The molecule has 0 aliphatic rings. The summed E-state index contributed by atoms with van der Waals surface area (Å²) in [5, 5.41) is 2.68. The molecule has 0 bridgehead atoms. The van der Waals surface area contributed by atoms with Crippen molar-refractivity contribution in [3.05, 3.63) is 53.9 Å². The summed E-state index contributed by atoms with van der Waals surface area (Å²) < 4.78 is 27.9. The Labute approximate surface area is 131 Å². The monoisotopic (exact) mass is 316 g/mol. The summed E-state index contributed by atoms with van der Waals surface area (Å²) in [5.74, 6) is -0.728. The van der Waals surface area contributed by atoms with Gasteiger partial charge in [0.05, 0.1) is 17.2 Å². The van der Waals surface area contributed by atoms with Crippen LogP contribution in [-0.4, -0.2) is 20.4 Å². The first-order valence-corrected chi connectivity index (χ1v) is 7.04. The highest BCUT2D eigenvalue weighted by Crippen LogP contribution is 2.19. The third kappa shape index (κ3) is 3.33. The fourth-order valence-corrected chi connectivity index (χ4v) is 2.32. The molecule has 1 aromatic carbocycles. The van der Waals surface area contributed by atoms with Crippen molar-refractivity contribution in [2.45, 2.75) is 12.8 Å². The third-order valence-corrected chi connectivity index (χ3v) is 3.50. The molecular weight excluding hydrogens is 302 g/mol. The van der Waals surface area contributed by atoms with Crippen LogP contribution in [-0.2, 0) is 18.3 Å². The second-order valence-corrected chi connectivity index (χ2v) is 5.19. The molecule has 0 saturated heterocycles. The molecule has 7 heteroatoms. The van der Waals surface area contributed by atoms with Gasteiger partial charge in [0.1, 0.15) is 11.6 Å². The van der Waals surface area contributed by atoms with Gasteiger partial charge in [-0.25, -0.2) is 13.8 Å². The van der Waals surface area contributed by atoms with Crippen LogP contribution >= 0.6 is 0 Å². The number of aryl methyl sites for hydroxylation is 2. The second-order valence-electron chi connectivity index (χ2n) is 5.19. The van der Waals surface area contributed by atoms with Crippen LogP contribution in [0.2, 0.25) is 0 Å². The Hall–Kier alpha value is -2.83. The summed E-state index contributed by atoms with van der Waals surface area (Å²) in [6.45, 7) is 0. The maximum atomic E-state index is 13.2. The summed E-state index contributed by atoms with van der Waals surface area (Å²) in [7, 11) is 1.74. The molecule has 118 valence electrons. The number of pyridine rings is 1. The number of halogens is 2. The van der Waals surface area contributed by atoms with Crippen LogP contribution in [0.1, 0.15) is 12.0 Å².